The Kier molecular flexibility index (Phi) is 2.02. The van der Waals surface area contributed by atoms with Crippen molar-refractivity contribution in [3.05, 3.63) is 35.9 Å². The van der Waals surface area contributed by atoms with E-state index in [1.165, 1.54) is 5.32 Å². The Labute approximate surface area is 80.5 Å². The molecule has 0 saturated carbocycles. The number of benzene rings is 1. The van der Waals surface area contributed by atoms with Crippen LogP contribution in [0.2, 0.25) is 5.32 Å². The SMILES string of the molecule is CC1(C)C[Se][C@@H]1c1ccccc1. The molecule has 12 heavy (non-hydrogen) atoms. The van der Waals surface area contributed by atoms with E-state index in [4.69, 9.17) is 0 Å². The molecule has 1 heteroatoms. The van der Waals surface area contributed by atoms with Crippen LogP contribution in [0.15, 0.2) is 30.3 Å². The predicted molar refractivity (Wildman–Crippen MR) is 53.5 cm³/mol. The van der Waals surface area contributed by atoms with Crippen molar-refractivity contribution in [2.24, 2.45) is 5.41 Å². The van der Waals surface area contributed by atoms with Gasteiger partial charge in [-0.15, -0.1) is 0 Å². The van der Waals surface area contributed by atoms with Crippen LogP contribution in [-0.4, -0.2) is 15.0 Å². The maximum atomic E-state index is 2.38. The van der Waals surface area contributed by atoms with Gasteiger partial charge in [-0.3, -0.25) is 0 Å². The second-order valence-corrected chi connectivity index (χ2v) is 6.38. The van der Waals surface area contributed by atoms with Gasteiger partial charge in [0.05, 0.1) is 0 Å². The van der Waals surface area contributed by atoms with Crippen LogP contribution in [0.25, 0.3) is 0 Å². The van der Waals surface area contributed by atoms with Crippen LogP contribution in [0.1, 0.15) is 24.2 Å². The van der Waals surface area contributed by atoms with Crippen LogP contribution in [-0.2, 0) is 0 Å². The third kappa shape index (κ3) is 1.32. The van der Waals surface area contributed by atoms with Crippen molar-refractivity contribution in [1.29, 1.82) is 0 Å². The van der Waals surface area contributed by atoms with Crippen LogP contribution >= 0.6 is 0 Å². The first-order chi connectivity index (χ1) is 5.70. The zero-order chi connectivity index (χ0) is 8.60. The third-order valence-corrected chi connectivity index (χ3v) is 6.95. The zero-order valence-corrected chi connectivity index (χ0v) is 9.29. The van der Waals surface area contributed by atoms with E-state index in [1.54, 1.807) is 5.56 Å². The maximum absolute atomic E-state index is 2.38. The fourth-order valence-corrected chi connectivity index (χ4v) is 4.51. The molecule has 1 aliphatic rings. The fraction of sp³-hybridized carbons (Fsp3) is 0.455. The second-order valence-electron chi connectivity index (χ2n) is 4.09. The van der Waals surface area contributed by atoms with Crippen molar-refractivity contribution in [3.63, 3.8) is 0 Å². The fourth-order valence-electron chi connectivity index (χ4n) is 1.68. The summed E-state index contributed by atoms with van der Waals surface area (Å²) < 4.78 is 0. The first kappa shape index (κ1) is 8.34. The van der Waals surface area contributed by atoms with Gasteiger partial charge in [0.1, 0.15) is 0 Å². The third-order valence-electron chi connectivity index (χ3n) is 2.43. The van der Waals surface area contributed by atoms with E-state index in [1.807, 2.05) is 0 Å². The molecule has 0 aromatic heterocycles. The standard InChI is InChI=1S/C11H14Se/c1-11(2)8-12-10(11)9-6-4-3-5-7-9/h3-7,10H,8H2,1-2H3/t10-/m1/s1. The molecule has 0 amide bonds. The molecule has 1 aromatic rings. The average Bonchev–Trinajstić information content (AvgIpc) is 2.05. The Bertz CT molecular complexity index is 264. The molecule has 64 valence electrons. The summed E-state index contributed by atoms with van der Waals surface area (Å²) in [6, 6.07) is 10.9. The molecular formula is C11H14Se. The van der Waals surface area contributed by atoms with Crippen molar-refractivity contribution in [2.45, 2.75) is 24.0 Å². The molecule has 1 aliphatic heterocycles. The van der Waals surface area contributed by atoms with Crippen LogP contribution in [0, 0.1) is 5.41 Å². The van der Waals surface area contributed by atoms with Gasteiger partial charge in [-0.2, -0.15) is 0 Å². The van der Waals surface area contributed by atoms with Gasteiger partial charge in [-0.1, -0.05) is 0 Å². The van der Waals surface area contributed by atoms with Crippen LogP contribution in [0.5, 0.6) is 0 Å². The second kappa shape index (κ2) is 2.90. The molecule has 1 saturated heterocycles. The van der Waals surface area contributed by atoms with Gasteiger partial charge in [0.2, 0.25) is 0 Å². The van der Waals surface area contributed by atoms with E-state index < -0.39 is 0 Å². The van der Waals surface area contributed by atoms with Crippen LogP contribution < -0.4 is 0 Å². The summed E-state index contributed by atoms with van der Waals surface area (Å²) in [4.78, 5) is 0.867. The minimum absolute atomic E-state index is 0.571. The molecule has 0 nitrogen and oxygen atoms in total. The molecule has 1 fully saturated rings. The molecule has 0 unspecified atom stereocenters. The van der Waals surface area contributed by atoms with Gasteiger partial charge in [-0.05, 0) is 0 Å². The Morgan fingerprint density at radius 3 is 2.33 bits per heavy atom. The topological polar surface area (TPSA) is 0 Å². The van der Waals surface area contributed by atoms with E-state index in [0.29, 0.717) is 5.41 Å². The molecule has 0 aliphatic carbocycles. The number of rotatable bonds is 1. The Morgan fingerprint density at radius 1 is 1.25 bits per heavy atom. The Balaban J connectivity index is 2.22. The summed E-state index contributed by atoms with van der Waals surface area (Å²) in [7, 11) is 0. The van der Waals surface area contributed by atoms with Crippen molar-refractivity contribution in [1.82, 2.24) is 0 Å². The summed E-state index contributed by atoms with van der Waals surface area (Å²) in [5, 5.41) is 1.44. The zero-order valence-electron chi connectivity index (χ0n) is 7.58. The molecule has 1 aromatic carbocycles. The van der Waals surface area contributed by atoms with Gasteiger partial charge in [0.15, 0.2) is 0 Å². The number of hydrogen-bond acceptors (Lipinski definition) is 0. The average molecular weight is 225 g/mol. The van der Waals surface area contributed by atoms with E-state index in [-0.39, 0.29) is 0 Å². The van der Waals surface area contributed by atoms with E-state index >= 15 is 0 Å². The molecule has 0 radical (unpaired) electrons. The van der Waals surface area contributed by atoms with Crippen LogP contribution in [0.4, 0.5) is 0 Å². The van der Waals surface area contributed by atoms with Crippen molar-refractivity contribution in [3.8, 4) is 0 Å². The predicted octanol–water partition coefficient (Wildman–Crippen LogP) is 2.89. The van der Waals surface area contributed by atoms with Gasteiger partial charge in [0.25, 0.3) is 0 Å². The van der Waals surface area contributed by atoms with Crippen molar-refractivity contribution >= 4 is 15.0 Å². The minimum atomic E-state index is 0.571. The van der Waals surface area contributed by atoms with Crippen LogP contribution in [0.3, 0.4) is 0 Å². The Hall–Kier alpha value is -0.261. The first-order valence-corrected chi connectivity index (χ1v) is 6.57. The molecular weight excluding hydrogens is 211 g/mol. The van der Waals surface area contributed by atoms with Crippen molar-refractivity contribution < 1.29 is 0 Å². The summed E-state index contributed by atoms with van der Waals surface area (Å²) in [5.41, 5.74) is 2.12. The summed E-state index contributed by atoms with van der Waals surface area (Å²) in [5.74, 6) is 0. The van der Waals surface area contributed by atoms with Gasteiger partial charge >= 0.3 is 80.3 Å². The normalized spacial score (nSPS) is 26.3. The van der Waals surface area contributed by atoms with E-state index in [9.17, 15) is 0 Å². The summed E-state index contributed by atoms with van der Waals surface area (Å²) in [6.45, 7) is 4.77. The monoisotopic (exact) mass is 226 g/mol. The molecule has 1 heterocycles. The van der Waals surface area contributed by atoms with Gasteiger partial charge in [0, 0.05) is 0 Å². The molecule has 1 atom stereocenters. The molecule has 0 spiro atoms. The van der Waals surface area contributed by atoms with Gasteiger partial charge < -0.3 is 0 Å². The Morgan fingerprint density at radius 2 is 1.92 bits per heavy atom. The summed E-state index contributed by atoms with van der Waals surface area (Å²) >= 11 is 0.852. The summed E-state index contributed by atoms with van der Waals surface area (Å²) in [6.07, 6.45) is 0. The quantitative estimate of drug-likeness (QED) is 0.645. The first-order valence-electron chi connectivity index (χ1n) is 4.37. The van der Waals surface area contributed by atoms with E-state index in [2.05, 4.69) is 44.2 Å². The van der Waals surface area contributed by atoms with E-state index in [0.717, 1.165) is 19.8 Å². The molecule has 0 bridgehead atoms. The van der Waals surface area contributed by atoms with Gasteiger partial charge in [-0.25, -0.2) is 0 Å². The molecule has 2 rings (SSSR count). The van der Waals surface area contributed by atoms with Crippen molar-refractivity contribution in [2.75, 3.05) is 0 Å². The number of hydrogen-bond donors (Lipinski definition) is 0. The molecule has 0 N–H and O–H groups in total.